The molecule has 2 aromatic carbocycles. The smallest absolute Gasteiger partial charge is 0.220 e. The molecular formula is C20H25NO3. The predicted molar refractivity (Wildman–Crippen MR) is 95.7 cm³/mol. The fraction of sp³-hybridized carbons (Fsp3) is 0.350. The molecule has 0 aliphatic rings. The van der Waals surface area contributed by atoms with Crippen molar-refractivity contribution in [2.75, 3.05) is 20.3 Å². The Morgan fingerprint density at radius 3 is 2.50 bits per heavy atom. The van der Waals surface area contributed by atoms with Crippen LogP contribution in [-0.2, 0) is 11.2 Å². The minimum absolute atomic E-state index is 0.0379. The molecule has 24 heavy (non-hydrogen) atoms. The lowest BCUT2D eigenvalue weighted by molar-refractivity contribution is -0.121. The molecule has 4 nitrogen and oxygen atoms in total. The second kappa shape index (κ2) is 8.96. The molecule has 1 N–H and O–H groups in total. The SMILES string of the molecule is COc1ccc(CCC(=O)NCCOc2ccc(C)cc2)cc1C. The molecule has 0 spiro atoms. The molecule has 0 heterocycles. The van der Waals surface area contributed by atoms with E-state index in [1.54, 1.807) is 7.11 Å². The maximum absolute atomic E-state index is 11.9. The summed E-state index contributed by atoms with van der Waals surface area (Å²) in [4.78, 5) is 11.9. The number of carbonyl (C=O) groups excluding carboxylic acids is 1. The fourth-order valence-corrected chi connectivity index (χ4v) is 2.44. The lowest BCUT2D eigenvalue weighted by Gasteiger charge is -2.09. The predicted octanol–water partition coefficient (Wildman–Crippen LogP) is 3.44. The van der Waals surface area contributed by atoms with Gasteiger partial charge in [0.2, 0.25) is 5.91 Å². The monoisotopic (exact) mass is 327 g/mol. The van der Waals surface area contributed by atoms with Gasteiger partial charge >= 0.3 is 0 Å². The van der Waals surface area contributed by atoms with Crippen LogP contribution in [0.1, 0.15) is 23.1 Å². The molecule has 128 valence electrons. The molecule has 0 radical (unpaired) electrons. The van der Waals surface area contributed by atoms with Gasteiger partial charge < -0.3 is 14.8 Å². The summed E-state index contributed by atoms with van der Waals surface area (Å²) in [5.74, 6) is 1.73. The highest BCUT2D eigenvalue weighted by molar-refractivity contribution is 5.76. The highest BCUT2D eigenvalue weighted by Gasteiger charge is 2.04. The van der Waals surface area contributed by atoms with E-state index in [0.29, 0.717) is 19.6 Å². The van der Waals surface area contributed by atoms with E-state index < -0.39 is 0 Å². The first-order valence-corrected chi connectivity index (χ1v) is 8.18. The summed E-state index contributed by atoms with van der Waals surface area (Å²) in [5, 5.41) is 2.88. The lowest BCUT2D eigenvalue weighted by atomic mass is 10.1. The number of carbonyl (C=O) groups is 1. The van der Waals surface area contributed by atoms with Gasteiger partial charge in [0.15, 0.2) is 0 Å². The van der Waals surface area contributed by atoms with Crippen molar-refractivity contribution in [1.82, 2.24) is 5.32 Å². The van der Waals surface area contributed by atoms with E-state index >= 15 is 0 Å². The molecule has 0 unspecified atom stereocenters. The Bertz CT molecular complexity index is 665. The number of hydrogen-bond donors (Lipinski definition) is 1. The van der Waals surface area contributed by atoms with Crippen LogP contribution in [0.2, 0.25) is 0 Å². The molecule has 0 aromatic heterocycles. The van der Waals surface area contributed by atoms with Crippen molar-refractivity contribution in [2.45, 2.75) is 26.7 Å². The van der Waals surface area contributed by atoms with Gasteiger partial charge in [-0.1, -0.05) is 29.8 Å². The number of benzene rings is 2. The molecule has 0 fully saturated rings. The largest absolute Gasteiger partial charge is 0.496 e. The second-order valence-electron chi connectivity index (χ2n) is 5.82. The normalized spacial score (nSPS) is 10.3. The van der Waals surface area contributed by atoms with E-state index in [-0.39, 0.29) is 5.91 Å². The summed E-state index contributed by atoms with van der Waals surface area (Å²) in [6.07, 6.45) is 1.19. The Kier molecular flexibility index (Phi) is 6.67. The van der Waals surface area contributed by atoms with E-state index in [2.05, 4.69) is 11.4 Å². The number of nitrogens with one attached hydrogen (secondary N) is 1. The number of amides is 1. The molecule has 0 saturated carbocycles. The van der Waals surface area contributed by atoms with Crippen molar-refractivity contribution in [3.8, 4) is 11.5 Å². The third kappa shape index (κ3) is 5.61. The molecule has 0 aliphatic heterocycles. The minimum Gasteiger partial charge on any atom is -0.496 e. The van der Waals surface area contributed by atoms with E-state index in [1.165, 1.54) is 5.56 Å². The molecule has 0 bridgehead atoms. The van der Waals surface area contributed by atoms with Gasteiger partial charge in [0.25, 0.3) is 0 Å². The molecule has 0 aliphatic carbocycles. The maximum Gasteiger partial charge on any atom is 0.220 e. The Morgan fingerprint density at radius 2 is 1.83 bits per heavy atom. The average molecular weight is 327 g/mol. The number of methoxy groups -OCH3 is 1. The van der Waals surface area contributed by atoms with Crippen LogP contribution in [0.3, 0.4) is 0 Å². The third-order valence-electron chi connectivity index (χ3n) is 3.81. The van der Waals surface area contributed by atoms with Crippen LogP contribution >= 0.6 is 0 Å². The summed E-state index contributed by atoms with van der Waals surface area (Å²) in [7, 11) is 1.66. The van der Waals surface area contributed by atoms with Crippen LogP contribution in [0.5, 0.6) is 11.5 Å². The first kappa shape index (κ1) is 17.9. The lowest BCUT2D eigenvalue weighted by Crippen LogP contribution is -2.28. The number of hydrogen-bond acceptors (Lipinski definition) is 3. The zero-order valence-corrected chi connectivity index (χ0v) is 14.6. The van der Waals surface area contributed by atoms with Crippen molar-refractivity contribution >= 4 is 5.91 Å². The fourth-order valence-electron chi connectivity index (χ4n) is 2.44. The van der Waals surface area contributed by atoms with Crippen LogP contribution in [0.25, 0.3) is 0 Å². The van der Waals surface area contributed by atoms with Gasteiger partial charge in [-0.3, -0.25) is 4.79 Å². The quantitative estimate of drug-likeness (QED) is 0.756. The zero-order valence-electron chi connectivity index (χ0n) is 14.6. The Morgan fingerprint density at radius 1 is 1.08 bits per heavy atom. The van der Waals surface area contributed by atoms with Gasteiger partial charge in [0.05, 0.1) is 13.7 Å². The van der Waals surface area contributed by atoms with Crippen LogP contribution in [0, 0.1) is 13.8 Å². The molecule has 1 amide bonds. The summed E-state index contributed by atoms with van der Waals surface area (Å²) in [6, 6.07) is 13.9. The van der Waals surface area contributed by atoms with Crippen molar-refractivity contribution in [3.05, 3.63) is 59.2 Å². The first-order chi connectivity index (χ1) is 11.6. The Hall–Kier alpha value is -2.49. The summed E-state index contributed by atoms with van der Waals surface area (Å²) in [5.41, 5.74) is 3.42. The van der Waals surface area contributed by atoms with Crippen LogP contribution in [-0.4, -0.2) is 26.2 Å². The minimum atomic E-state index is 0.0379. The second-order valence-corrected chi connectivity index (χ2v) is 5.82. The highest BCUT2D eigenvalue weighted by Crippen LogP contribution is 2.19. The third-order valence-corrected chi connectivity index (χ3v) is 3.81. The number of aryl methyl sites for hydroxylation is 3. The number of rotatable bonds is 8. The maximum atomic E-state index is 11.9. The molecule has 2 aromatic rings. The van der Waals surface area contributed by atoms with E-state index in [4.69, 9.17) is 9.47 Å². The summed E-state index contributed by atoms with van der Waals surface area (Å²) >= 11 is 0. The van der Waals surface area contributed by atoms with Crippen LogP contribution in [0.15, 0.2) is 42.5 Å². The first-order valence-electron chi connectivity index (χ1n) is 8.18. The van der Waals surface area contributed by atoms with Gasteiger partial charge in [-0.2, -0.15) is 0 Å². The van der Waals surface area contributed by atoms with Gasteiger partial charge in [-0.05, 0) is 49.6 Å². The molecule has 4 heteroatoms. The van der Waals surface area contributed by atoms with Crippen molar-refractivity contribution in [2.24, 2.45) is 0 Å². The number of ether oxygens (including phenoxy) is 2. The molecule has 2 rings (SSSR count). The summed E-state index contributed by atoms with van der Waals surface area (Å²) < 4.78 is 10.8. The van der Waals surface area contributed by atoms with Crippen LogP contribution in [0.4, 0.5) is 0 Å². The van der Waals surface area contributed by atoms with E-state index in [1.807, 2.05) is 50.2 Å². The van der Waals surface area contributed by atoms with Gasteiger partial charge in [0, 0.05) is 6.42 Å². The van der Waals surface area contributed by atoms with Gasteiger partial charge in [-0.15, -0.1) is 0 Å². The standard InChI is InChI=1S/C20H25NO3/c1-15-4-8-18(9-5-15)24-13-12-21-20(22)11-7-17-6-10-19(23-3)16(2)14-17/h4-6,8-10,14H,7,11-13H2,1-3H3,(H,21,22). The average Bonchev–Trinajstić information content (AvgIpc) is 2.58. The topological polar surface area (TPSA) is 47.6 Å². The zero-order chi connectivity index (χ0) is 17.4. The molecular weight excluding hydrogens is 302 g/mol. The van der Waals surface area contributed by atoms with Gasteiger partial charge in [-0.25, -0.2) is 0 Å². The van der Waals surface area contributed by atoms with Crippen molar-refractivity contribution in [3.63, 3.8) is 0 Å². The van der Waals surface area contributed by atoms with Crippen molar-refractivity contribution in [1.29, 1.82) is 0 Å². The summed E-state index contributed by atoms with van der Waals surface area (Å²) in [6.45, 7) is 5.02. The van der Waals surface area contributed by atoms with Crippen molar-refractivity contribution < 1.29 is 14.3 Å². The Labute approximate surface area is 143 Å². The van der Waals surface area contributed by atoms with Crippen LogP contribution < -0.4 is 14.8 Å². The Balaban J connectivity index is 1.66. The van der Waals surface area contributed by atoms with E-state index in [0.717, 1.165) is 29.0 Å². The molecule has 0 atom stereocenters. The van der Waals surface area contributed by atoms with E-state index in [9.17, 15) is 4.79 Å². The van der Waals surface area contributed by atoms with Gasteiger partial charge in [0.1, 0.15) is 18.1 Å². The molecule has 0 saturated heterocycles. The highest BCUT2D eigenvalue weighted by atomic mass is 16.5.